The van der Waals surface area contributed by atoms with E-state index in [-0.39, 0.29) is 11.9 Å². The Morgan fingerprint density at radius 2 is 2.08 bits per heavy atom. The van der Waals surface area contributed by atoms with Crippen LogP contribution in [0.5, 0.6) is 5.75 Å². The van der Waals surface area contributed by atoms with Crippen molar-refractivity contribution in [3.05, 3.63) is 47.0 Å². The molecule has 134 valence electrons. The molecule has 0 bridgehead atoms. The average Bonchev–Trinajstić information content (AvgIpc) is 2.92. The second-order valence-corrected chi connectivity index (χ2v) is 6.53. The predicted octanol–water partition coefficient (Wildman–Crippen LogP) is 2.03. The Balaban J connectivity index is 1.61. The molecule has 1 aliphatic heterocycles. The van der Waals surface area contributed by atoms with Crippen LogP contribution in [0.15, 0.2) is 24.3 Å². The number of imidazole rings is 1. The first kappa shape index (κ1) is 17.5. The summed E-state index contributed by atoms with van der Waals surface area (Å²) in [6.45, 7) is 9.00. The molecule has 0 radical (unpaired) electrons. The van der Waals surface area contributed by atoms with E-state index in [9.17, 15) is 4.79 Å². The number of nitrogens with one attached hydrogen (secondary N) is 1. The Morgan fingerprint density at radius 3 is 2.84 bits per heavy atom. The van der Waals surface area contributed by atoms with Crippen molar-refractivity contribution in [3.8, 4) is 5.75 Å². The van der Waals surface area contributed by atoms with Crippen molar-refractivity contribution in [2.75, 3.05) is 13.7 Å². The molecular formula is C19H26N4O2. The second-order valence-electron chi connectivity index (χ2n) is 6.53. The van der Waals surface area contributed by atoms with E-state index in [1.807, 2.05) is 38.1 Å². The molecule has 3 rings (SSSR count). The Bertz CT molecular complexity index is 769. The van der Waals surface area contributed by atoms with Crippen LogP contribution in [0.25, 0.3) is 0 Å². The largest absolute Gasteiger partial charge is 0.496 e. The fourth-order valence-corrected chi connectivity index (χ4v) is 3.31. The number of benzene rings is 1. The van der Waals surface area contributed by atoms with E-state index in [0.717, 1.165) is 35.9 Å². The van der Waals surface area contributed by atoms with Crippen LogP contribution in [0.3, 0.4) is 0 Å². The molecule has 0 aliphatic carbocycles. The standard InChI is InChI=1S/C19H26N4O2/c1-13-14(2)23-10-9-22(12-18(23)21-13)15(3)19(24)20-11-16-7-5-6-8-17(16)25-4/h5-8,15H,9-12H2,1-4H3,(H,20,24). The highest BCUT2D eigenvalue weighted by molar-refractivity contribution is 5.81. The van der Waals surface area contributed by atoms with Gasteiger partial charge in [-0.25, -0.2) is 4.98 Å². The normalized spacial score (nSPS) is 15.5. The maximum Gasteiger partial charge on any atom is 0.237 e. The molecule has 1 aromatic carbocycles. The summed E-state index contributed by atoms with van der Waals surface area (Å²) in [6.07, 6.45) is 0. The second kappa shape index (κ2) is 7.27. The van der Waals surface area contributed by atoms with Crippen molar-refractivity contribution in [3.63, 3.8) is 0 Å². The molecule has 0 saturated heterocycles. The number of fused-ring (bicyclic) bond motifs is 1. The van der Waals surface area contributed by atoms with Crippen LogP contribution in [0.1, 0.15) is 29.7 Å². The van der Waals surface area contributed by atoms with Gasteiger partial charge in [-0.3, -0.25) is 9.69 Å². The minimum absolute atomic E-state index is 0.0272. The van der Waals surface area contributed by atoms with Crippen LogP contribution in [0, 0.1) is 13.8 Å². The number of nitrogens with zero attached hydrogens (tertiary/aromatic N) is 3. The van der Waals surface area contributed by atoms with Crippen molar-refractivity contribution in [2.24, 2.45) is 0 Å². The predicted molar refractivity (Wildman–Crippen MR) is 96.4 cm³/mol. The third-order valence-electron chi connectivity index (χ3n) is 5.06. The van der Waals surface area contributed by atoms with Crippen molar-refractivity contribution in [1.82, 2.24) is 19.8 Å². The number of ether oxygens (including phenoxy) is 1. The molecule has 1 unspecified atom stereocenters. The number of hydrogen-bond acceptors (Lipinski definition) is 4. The van der Waals surface area contributed by atoms with E-state index in [1.54, 1.807) is 7.11 Å². The summed E-state index contributed by atoms with van der Waals surface area (Å²) in [5, 5.41) is 3.02. The summed E-state index contributed by atoms with van der Waals surface area (Å²) >= 11 is 0. The maximum absolute atomic E-state index is 12.6. The fraction of sp³-hybridized carbons (Fsp3) is 0.474. The minimum atomic E-state index is -0.194. The molecular weight excluding hydrogens is 316 g/mol. The maximum atomic E-state index is 12.6. The van der Waals surface area contributed by atoms with Gasteiger partial charge in [-0.2, -0.15) is 0 Å². The van der Waals surface area contributed by atoms with Gasteiger partial charge in [-0.1, -0.05) is 18.2 Å². The highest BCUT2D eigenvalue weighted by atomic mass is 16.5. The van der Waals surface area contributed by atoms with Crippen molar-refractivity contribution in [2.45, 2.75) is 46.4 Å². The number of aryl methyl sites for hydroxylation is 1. The van der Waals surface area contributed by atoms with Crippen LogP contribution < -0.4 is 10.1 Å². The molecule has 1 amide bonds. The first-order valence-electron chi connectivity index (χ1n) is 8.67. The van der Waals surface area contributed by atoms with Gasteiger partial charge < -0.3 is 14.6 Å². The van der Waals surface area contributed by atoms with Gasteiger partial charge >= 0.3 is 0 Å². The number of carbonyl (C=O) groups excluding carboxylic acids is 1. The molecule has 1 aliphatic rings. The van der Waals surface area contributed by atoms with Gasteiger partial charge in [0.15, 0.2) is 0 Å². The van der Waals surface area contributed by atoms with Crippen LogP contribution in [-0.4, -0.2) is 40.1 Å². The number of rotatable bonds is 5. The molecule has 1 aromatic heterocycles. The molecule has 1 atom stereocenters. The minimum Gasteiger partial charge on any atom is -0.496 e. The monoisotopic (exact) mass is 342 g/mol. The number of para-hydroxylation sites is 1. The summed E-state index contributed by atoms with van der Waals surface area (Å²) in [5.41, 5.74) is 3.28. The number of methoxy groups -OCH3 is 1. The van der Waals surface area contributed by atoms with Crippen LogP contribution in [-0.2, 0) is 24.4 Å². The Kier molecular flexibility index (Phi) is 5.08. The van der Waals surface area contributed by atoms with Crippen molar-refractivity contribution >= 4 is 5.91 Å². The van der Waals surface area contributed by atoms with Gasteiger partial charge in [-0.05, 0) is 26.8 Å². The van der Waals surface area contributed by atoms with E-state index in [2.05, 4.69) is 26.7 Å². The Morgan fingerprint density at radius 1 is 1.32 bits per heavy atom. The molecule has 1 N–H and O–H groups in total. The highest BCUT2D eigenvalue weighted by Crippen LogP contribution is 2.19. The average molecular weight is 342 g/mol. The van der Waals surface area contributed by atoms with Gasteiger partial charge in [0.1, 0.15) is 11.6 Å². The van der Waals surface area contributed by atoms with Gasteiger partial charge in [0.25, 0.3) is 0 Å². The lowest BCUT2D eigenvalue weighted by Gasteiger charge is -2.32. The van der Waals surface area contributed by atoms with E-state index in [1.165, 1.54) is 5.69 Å². The first-order chi connectivity index (χ1) is 12.0. The molecule has 0 spiro atoms. The van der Waals surface area contributed by atoms with Crippen LogP contribution in [0.4, 0.5) is 0 Å². The van der Waals surface area contributed by atoms with Crippen molar-refractivity contribution in [1.29, 1.82) is 0 Å². The van der Waals surface area contributed by atoms with Gasteiger partial charge in [0.05, 0.1) is 25.4 Å². The van der Waals surface area contributed by atoms with Crippen LogP contribution in [0.2, 0.25) is 0 Å². The van der Waals surface area contributed by atoms with E-state index < -0.39 is 0 Å². The zero-order valence-electron chi connectivity index (χ0n) is 15.4. The molecule has 0 saturated carbocycles. The molecule has 6 nitrogen and oxygen atoms in total. The summed E-state index contributed by atoms with van der Waals surface area (Å²) in [7, 11) is 1.64. The topological polar surface area (TPSA) is 59.4 Å². The molecule has 0 fully saturated rings. The molecule has 25 heavy (non-hydrogen) atoms. The van der Waals surface area contributed by atoms with E-state index in [4.69, 9.17) is 4.74 Å². The number of aromatic nitrogens is 2. The Labute approximate surface area is 148 Å². The summed E-state index contributed by atoms with van der Waals surface area (Å²) in [4.78, 5) is 19.4. The summed E-state index contributed by atoms with van der Waals surface area (Å²) < 4.78 is 7.59. The van der Waals surface area contributed by atoms with Crippen molar-refractivity contribution < 1.29 is 9.53 Å². The highest BCUT2D eigenvalue weighted by Gasteiger charge is 2.27. The number of carbonyl (C=O) groups is 1. The quantitative estimate of drug-likeness (QED) is 0.903. The zero-order chi connectivity index (χ0) is 18.0. The Hall–Kier alpha value is -2.34. The molecule has 6 heteroatoms. The first-order valence-corrected chi connectivity index (χ1v) is 8.67. The van der Waals surface area contributed by atoms with Gasteiger partial charge in [-0.15, -0.1) is 0 Å². The molecule has 2 aromatic rings. The van der Waals surface area contributed by atoms with Crippen LogP contribution >= 0.6 is 0 Å². The number of hydrogen-bond donors (Lipinski definition) is 1. The third-order valence-corrected chi connectivity index (χ3v) is 5.06. The molecule has 2 heterocycles. The van der Waals surface area contributed by atoms with Gasteiger partial charge in [0, 0.05) is 30.9 Å². The fourth-order valence-electron chi connectivity index (χ4n) is 3.31. The zero-order valence-corrected chi connectivity index (χ0v) is 15.4. The van der Waals surface area contributed by atoms with Gasteiger partial charge in [0.2, 0.25) is 5.91 Å². The lowest BCUT2D eigenvalue weighted by Crippen LogP contribution is -2.48. The lowest BCUT2D eigenvalue weighted by molar-refractivity contribution is -0.126. The summed E-state index contributed by atoms with van der Waals surface area (Å²) in [5.74, 6) is 1.87. The smallest absolute Gasteiger partial charge is 0.237 e. The SMILES string of the molecule is COc1ccccc1CNC(=O)C(C)N1CCn2c(nc(C)c2C)C1. The third kappa shape index (κ3) is 3.54. The van der Waals surface area contributed by atoms with E-state index in [0.29, 0.717) is 13.1 Å². The summed E-state index contributed by atoms with van der Waals surface area (Å²) in [6, 6.07) is 7.54. The number of amides is 1. The lowest BCUT2D eigenvalue weighted by atomic mass is 10.2. The van der Waals surface area contributed by atoms with E-state index >= 15 is 0 Å².